The molecule has 2 heterocycles. The molecule has 0 unspecified atom stereocenters. The van der Waals surface area contributed by atoms with Crippen LogP contribution in [0.15, 0.2) is 65.2 Å². The van der Waals surface area contributed by atoms with E-state index in [0.29, 0.717) is 6.04 Å². The van der Waals surface area contributed by atoms with Gasteiger partial charge >= 0.3 is 5.91 Å². The number of pyridine rings is 1. The lowest BCUT2D eigenvalue weighted by Gasteiger charge is -2.35. The predicted octanol–water partition coefficient (Wildman–Crippen LogP) is 5.67. The second-order valence-corrected chi connectivity index (χ2v) is 9.99. The highest BCUT2D eigenvalue weighted by Crippen LogP contribution is 2.34. The Bertz CT molecular complexity index is 1480. The summed E-state index contributed by atoms with van der Waals surface area (Å²) in [5.41, 5.74) is 9.10. The average molecular weight is 580 g/mol. The summed E-state index contributed by atoms with van der Waals surface area (Å²) in [6, 6.07) is 13.3. The highest BCUT2D eigenvalue weighted by Gasteiger charge is 2.22. The van der Waals surface area contributed by atoms with E-state index < -0.39 is 17.5 Å². The molecule has 1 amide bonds. The summed E-state index contributed by atoms with van der Waals surface area (Å²) < 4.78 is 40.6. The first-order chi connectivity index (χ1) is 20.3. The summed E-state index contributed by atoms with van der Waals surface area (Å²) in [5.74, 6) is -2.85. The number of ether oxygens (including phenoxy) is 2. The van der Waals surface area contributed by atoms with Crippen LogP contribution >= 0.6 is 0 Å². The third kappa shape index (κ3) is 6.97. The van der Waals surface area contributed by atoms with Crippen LogP contribution in [0.1, 0.15) is 43.4 Å². The molecule has 42 heavy (non-hydrogen) atoms. The first kappa shape index (κ1) is 30.7. The molecule has 0 fully saturated rings. The number of aromatic nitrogens is 1. The molecule has 1 aliphatic heterocycles. The van der Waals surface area contributed by atoms with Gasteiger partial charge in [-0.15, -0.1) is 4.91 Å². The minimum absolute atomic E-state index is 0.0776. The van der Waals surface area contributed by atoms with Gasteiger partial charge in [0.05, 0.1) is 18.4 Å². The zero-order chi connectivity index (χ0) is 30.2. The van der Waals surface area contributed by atoms with Gasteiger partial charge in [-0.25, -0.2) is 13.8 Å². The van der Waals surface area contributed by atoms with E-state index in [4.69, 9.17) is 15.2 Å². The summed E-state index contributed by atoms with van der Waals surface area (Å²) in [7, 11) is 1.28. The SMILES string of the molecule is CCC(CC)N1CCc2cc(COc3c(F)cc(F)cc3-c3cccc(N/C(OC)=C(\CN)C(=O)N=O)n3)ccc2C1. The number of nitrogens with zero attached hydrogens (tertiary/aromatic N) is 3. The van der Waals surface area contributed by atoms with Crippen LogP contribution in [0.2, 0.25) is 0 Å². The minimum Gasteiger partial charge on any atom is -0.485 e. The number of nitrogens with one attached hydrogen (secondary N) is 1. The molecule has 2 aromatic carbocycles. The molecule has 4 rings (SSSR count). The Kier molecular flexibility index (Phi) is 10.3. The maximum absolute atomic E-state index is 15.1. The number of amides is 1. The molecule has 1 aliphatic rings. The number of carbonyl (C=O) groups is 1. The molecule has 3 N–H and O–H groups in total. The van der Waals surface area contributed by atoms with Gasteiger partial charge in [0.2, 0.25) is 5.88 Å². The first-order valence-electron chi connectivity index (χ1n) is 13.9. The van der Waals surface area contributed by atoms with E-state index in [9.17, 15) is 14.1 Å². The number of halogens is 2. The number of hydrogen-bond donors (Lipinski definition) is 2. The monoisotopic (exact) mass is 579 g/mol. The maximum Gasteiger partial charge on any atom is 0.319 e. The van der Waals surface area contributed by atoms with E-state index in [0.717, 1.165) is 50.0 Å². The Morgan fingerprint density at radius 3 is 2.62 bits per heavy atom. The molecular weight excluding hydrogens is 544 g/mol. The molecule has 0 saturated carbocycles. The predicted molar refractivity (Wildman–Crippen MR) is 156 cm³/mol. The number of benzene rings is 2. The Morgan fingerprint density at radius 1 is 1.14 bits per heavy atom. The summed E-state index contributed by atoms with van der Waals surface area (Å²) >= 11 is 0. The molecular formula is C31H35F2N5O4. The van der Waals surface area contributed by atoms with Gasteiger partial charge in [-0.2, -0.15) is 0 Å². The highest BCUT2D eigenvalue weighted by atomic mass is 19.1. The van der Waals surface area contributed by atoms with Gasteiger partial charge in [0.1, 0.15) is 18.2 Å². The van der Waals surface area contributed by atoms with Crippen molar-refractivity contribution in [2.75, 3.05) is 25.5 Å². The Balaban J connectivity index is 1.58. The largest absolute Gasteiger partial charge is 0.485 e. The van der Waals surface area contributed by atoms with Crippen molar-refractivity contribution in [1.29, 1.82) is 0 Å². The van der Waals surface area contributed by atoms with Gasteiger partial charge < -0.3 is 20.5 Å². The van der Waals surface area contributed by atoms with Crippen LogP contribution in [0.4, 0.5) is 14.6 Å². The molecule has 11 heteroatoms. The van der Waals surface area contributed by atoms with Crippen LogP contribution < -0.4 is 15.8 Å². The number of rotatable bonds is 12. The Labute approximate surface area is 243 Å². The second kappa shape index (κ2) is 14.1. The summed E-state index contributed by atoms with van der Waals surface area (Å²) in [6.45, 7) is 6.10. The van der Waals surface area contributed by atoms with E-state index in [1.54, 1.807) is 18.2 Å². The quantitative estimate of drug-likeness (QED) is 0.160. The molecule has 0 radical (unpaired) electrons. The fraction of sp³-hybridized carbons (Fsp3) is 0.355. The lowest BCUT2D eigenvalue weighted by Crippen LogP contribution is -2.38. The number of anilines is 1. The molecule has 1 aromatic heterocycles. The standard InChI is InChI=1S/C31H35F2N5O4/c1-4-23(5-2)38-12-11-20-13-19(9-10-21(20)17-38)18-42-29-24(14-22(32)15-26(29)33)27-7-6-8-28(35-27)36-31(41-3)25(16-34)30(39)37-40/h6-10,13-15,23H,4-5,11-12,16-18,34H2,1-3H3,(H,35,36)/b31-25-. The molecule has 3 aromatic rings. The van der Waals surface area contributed by atoms with Gasteiger partial charge in [0, 0.05) is 42.5 Å². The van der Waals surface area contributed by atoms with E-state index >= 15 is 4.39 Å². The first-order valence-corrected chi connectivity index (χ1v) is 13.9. The van der Waals surface area contributed by atoms with Crippen molar-refractivity contribution >= 4 is 11.7 Å². The number of hydrogen-bond acceptors (Lipinski definition) is 8. The number of fused-ring (bicyclic) bond motifs is 1. The van der Waals surface area contributed by atoms with Gasteiger partial charge in [-0.05, 0) is 54.2 Å². The highest BCUT2D eigenvalue weighted by molar-refractivity contribution is 5.95. The molecule has 0 saturated heterocycles. The van der Waals surface area contributed by atoms with Crippen molar-refractivity contribution in [2.24, 2.45) is 10.9 Å². The van der Waals surface area contributed by atoms with Crippen LogP contribution in [0.25, 0.3) is 11.3 Å². The molecule has 0 atom stereocenters. The second-order valence-electron chi connectivity index (χ2n) is 9.99. The number of carbonyl (C=O) groups excluding carboxylic acids is 1. The molecule has 0 aliphatic carbocycles. The third-order valence-corrected chi connectivity index (χ3v) is 7.45. The van der Waals surface area contributed by atoms with Crippen molar-refractivity contribution in [2.45, 2.75) is 52.3 Å². The van der Waals surface area contributed by atoms with Crippen LogP contribution in [0.3, 0.4) is 0 Å². The average Bonchev–Trinajstić information content (AvgIpc) is 3.00. The summed E-state index contributed by atoms with van der Waals surface area (Å²) in [4.78, 5) is 29.5. The van der Waals surface area contributed by atoms with E-state index in [1.807, 2.05) is 6.07 Å². The fourth-order valence-electron chi connectivity index (χ4n) is 5.24. The van der Waals surface area contributed by atoms with Gasteiger partial charge in [0.25, 0.3) is 0 Å². The maximum atomic E-state index is 15.1. The van der Waals surface area contributed by atoms with Crippen LogP contribution in [0, 0.1) is 16.5 Å². The number of methoxy groups -OCH3 is 1. The van der Waals surface area contributed by atoms with Gasteiger partial charge in [-0.1, -0.05) is 38.1 Å². The van der Waals surface area contributed by atoms with Crippen LogP contribution in [-0.4, -0.2) is 42.0 Å². The molecule has 0 spiro atoms. The molecule has 222 valence electrons. The molecule has 0 bridgehead atoms. The zero-order valence-corrected chi connectivity index (χ0v) is 24.0. The Morgan fingerprint density at radius 2 is 1.93 bits per heavy atom. The van der Waals surface area contributed by atoms with Crippen molar-refractivity contribution in [1.82, 2.24) is 9.88 Å². The Hall–Kier alpha value is -4.22. The van der Waals surface area contributed by atoms with E-state index in [2.05, 4.69) is 46.4 Å². The van der Waals surface area contributed by atoms with E-state index in [-0.39, 0.29) is 47.4 Å². The minimum atomic E-state index is -1.09. The summed E-state index contributed by atoms with van der Waals surface area (Å²) in [5, 5.41) is 5.16. The zero-order valence-electron chi connectivity index (χ0n) is 24.0. The van der Waals surface area contributed by atoms with Gasteiger partial charge in [-0.3, -0.25) is 9.69 Å². The topological polar surface area (TPSA) is 119 Å². The molecule has 9 nitrogen and oxygen atoms in total. The van der Waals surface area contributed by atoms with Crippen molar-refractivity contribution < 1.29 is 23.0 Å². The van der Waals surface area contributed by atoms with Crippen molar-refractivity contribution in [3.8, 4) is 17.0 Å². The van der Waals surface area contributed by atoms with Crippen LogP contribution in [-0.2, 0) is 29.1 Å². The number of nitrogens with two attached hydrogens (primary N) is 1. The summed E-state index contributed by atoms with van der Waals surface area (Å²) in [6.07, 6.45) is 3.17. The van der Waals surface area contributed by atoms with Gasteiger partial charge in [0.15, 0.2) is 11.6 Å². The van der Waals surface area contributed by atoms with Crippen LogP contribution in [0.5, 0.6) is 5.75 Å². The van der Waals surface area contributed by atoms with Crippen molar-refractivity contribution in [3.05, 3.63) is 93.2 Å². The smallest absolute Gasteiger partial charge is 0.319 e. The van der Waals surface area contributed by atoms with Crippen molar-refractivity contribution in [3.63, 3.8) is 0 Å². The lowest BCUT2D eigenvalue weighted by molar-refractivity contribution is -0.114. The third-order valence-electron chi connectivity index (χ3n) is 7.45. The fourth-order valence-corrected chi connectivity index (χ4v) is 5.24. The lowest BCUT2D eigenvalue weighted by atomic mass is 9.95. The number of nitroso groups, excluding NO2 is 1. The normalized spacial score (nSPS) is 13.8. The van der Waals surface area contributed by atoms with E-state index in [1.165, 1.54) is 18.2 Å².